The van der Waals surface area contributed by atoms with Gasteiger partial charge in [-0.3, -0.25) is 4.79 Å². The van der Waals surface area contributed by atoms with Crippen LogP contribution in [0.1, 0.15) is 22.5 Å². The number of amides is 1. The third kappa shape index (κ3) is 5.73. The van der Waals surface area contributed by atoms with E-state index in [9.17, 15) is 18.0 Å². The van der Waals surface area contributed by atoms with Gasteiger partial charge in [0.05, 0.1) is 23.1 Å². The van der Waals surface area contributed by atoms with Gasteiger partial charge in [-0.05, 0) is 51.3 Å². The number of anilines is 2. The fourth-order valence-electron chi connectivity index (χ4n) is 2.29. The first-order valence-corrected chi connectivity index (χ1v) is 8.09. The van der Waals surface area contributed by atoms with E-state index in [1.807, 2.05) is 14.1 Å². The zero-order chi connectivity index (χ0) is 19.2. The lowest BCUT2D eigenvalue weighted by atomic mass is 10.1. The van der Waals surface area contributed by atoms with Crippen LogP contribution in [-0.2, 0) is 6.18 Å². The average Bonchev–Trinajstić information content (AvgIpc) is 2.58. The Bertz CT molecular complexity index is 730. The van der Waals surface area contributed by atoms with E-state index in [-0.39, 0.29) is 11.4 Å². The Morgan fingerprint density at radius 2 is 1.88 bits per heavy atom. The molecule has 2 aromatic rings. The Labute approximate surface area is 150 Å². The normalized spacial score (nSPS) is 11.5. The van der Waals surface area contributed by atoms with Crippen molar-refractivity contribution < 1.29 is 18.0 Å². The highest BCUT2D eigenvalue weighted by molar-refractivity contribution is 6.03. The van der Waals surface area contributed by atoms with E-state index >= 15 is 0 Å². The fraction of sp³-hybridized carbons (Fsp3) is 0.333. The fourth-order valence-corrected chi connectivity index (χ4v) is 2.29. The molecule has 0 atom stereocenters. The van der Waals surface area contributed by atoms with Gasteiger partial charge >= 0.3 is 6.18 Å². The maximum atomic E-state index is 13.0. The lowest BCUT2D eigenvalue weighted by molar-refractivity contribution is -0.136. The van der Waals surface area contributed by atoms with Crippen molar-refractivity contribution in [1.29, 1.82) is 0 Å². The Hall–Kier alpha value is -2.61. The number of nitrogens with one attached hydrogen (secondary N) is 2. The summed E-state index contributed by atoms with van der Waals surface area (Å²) in [5, 5.41) is 5.45. The predicted octanol–water partition coefficient (Wildman–Crippen LogP) is 3.72. The number of pyridine rings is 1. The number of aromatic nitrogens is 1. The van der Waals surface area contributed by atoms with E-state index in [2.05, 4.69) is 20.5 Å². The quantitative estimate of drug-likeness (QED) is 0.734. The van der Waals surface area contributed by atoms with E-state index in [0.717, 1.165) is 31.3 Å². The summed E-state index contributed by atoms with van der Waals surface area (Å²) in [6.45, 7) is 1.70. The van der Waals surface area contributed by atoms with Gasteiger partial charge in [0.25, 0.3) is 5.91 Å². The van der Waals surface area contributed by atoms with Crippen LogP contribution in [0.2, 0.25) is 0 Å². The lowest BCUT2D eigenvalue weighted by Gasteiger charge is -2.13. The Morgan fingerprint density at radius 1 is 1.15 bits per heavy atom. The van der Waals surface area contributed by atoms with Crippen molar-refractivity contribution in [3.8, 4) is 0 Å². The minimum Gasteiger partial charge on any atom is -0.384 e. The zero-order valence-electron chi connectivity index (χ0n) is 14.6. The number of halogens is 3. The summed E-state index contributed by atoms with van der Waals surface area (Å²) < 4.78 is 38.9. The summed E-state index contributed by atoms with van der Waals surface area (Å²) in [5.74, 6) is -0.694. The first-order chi connectivity index (χ1) is 12.3. The summed E-state index contributed by atoms with van der Waals surface area (Å²) in [6.07, 6.45) is -2.11. The van der Waals surface area contributed by atoms with Crippen LogP contribution < -0.4 is 10.6 Å². The molecule has 0 aliphatic carbocycles. The number of alkyl halides is 3. The van der Waals surface area contributed by atoms with Crippen molar-refractivity contribution >= 4 is 17.3 Å². The van der Waals surface area contributed by atoms with Gasteiger partial charge in [0, 0.05) is 6.54 Å². The van der Waals surface area contributed by atoms with Crippen LogP contribution in [0.3, 0.4) is 0 Å². The van der Waals surface area contributed by atoms with Gasteiger partial charge in [-0.15, -0.1) is 0 Å². The molecule has 1 aromatic carbocycles. The molecule has 0 fully saturated rings. The molecular weight excluding hydrogens is 345 g/mol. The van der Waals surface area contributed by atoms with Crippen molar-refractivity contribution in [2.75, 3.05) is 37.8 Å². The first kappa shape index (κ1) is 19.7. The molecule has 0 aliphatic rings. The Kier molecular flexibility index (Phi) is 6.57. The summed E-state index contributed by atoms with van der Waals surface area (Å²) >= 11 is 0. The van der Waals surface area contributed by atoms with Crippen LogP contribution in [0.15, 0.2) is 42.6 Å². The second-order valence-electron chi connectivity index (χ2n) is 6.01. The number of nitrogens with zero attached hydrogens (tertiary/aromatic N) is 2. The van der Waals surface area contributed by atoms with E-state index in [1.165, 1.54) is 30.5 Å². The van der Waals surface area contributed by atoms with Crippen LogP contribution in [0.4, 0.5) is 24.5 Å². The minimum atomic E-state index is -4.54. The average molecular weight is 366 g/mol. The standard InChI is InChI=1S/C18H21F3N4O/c1-25(2)11-5-10-22-13-8-9-16(23-12-13)17(26)24-15-7-4-3-6-14(15)18(19,20)21/h3-4,6-9,12,22H,5,10-11H2,1-2H3,(H,24,26). The highest BCUT2D eigenvalue weighted by atomic mass is 19.4. The second kappa shape index (κ2) is 8.66. The molecule has 5 nitrogen and oxygen atoms in total. The van der Waals surface area contributed by atoms with Crippen LogP contribution in [0.5, 0.6) is 0 Å². The van der Waals surface area contributed by atoms with E-state index < -0.39 is 17.6 Å². The molecule has 1 heterocycles. The summed E-state index contributed by atoms with van der Waals surface area (Å²) in [7, 11) is 3.98. The van der Waals surface area contributed by atoms with Crippen molar-refractivity contribution in [3.05, 3.63) is 53.9 Å². The van der Waals surface area contributed by atoms with E-state index in [4.69, 9.17) is 0 Å². The molecule has 0 radical (unpaired) electrons. The highest BCUT2D eigenvalue weighted by Crippen LogP contribution is 2.34. The number of carbonyl (C=O) groups is 1. The summed E-state index contributed by atoms with van der Waals surface area (Å²) in [5.41, 5.74) is -0.401. The Balaban J connectivity index is 1.99. The monoisotopic (exact) mass is 366 g/mol. The van der Waals surface area contributed by atoms with Crippen LogP contribution in [0.25, 0.3) is 0 Å². The molecule has 0 unspecified atom stereocenters. The van der Waals surface area contributed by atoms with Gasteiger partial charge in [-0.25, -0.2) is 4.98 Å². The van der Waals surface area contributed by atoms with Crippen molar-refractivity contribution in [2.45, 2.75) is 12.6 Å². The number of carbonyl (C=O) groups excluding carboxylic acids is 1. The van der Waals surface area contributed by atoms with Crippen LogP contribution >= 0.6 is 0 Å². The largest absolute Gasteiger partial charge is 0.418 e. The second-order valence-corrected chi connectivity index (χ2v) is 6.01. The third-order valence-electron chi connectivity index (χ3n) is 3.59. The molecule has 8 heteroatoms. The third-order valence-corrected chi connectivity index (χ3v) is 3.59. The van der Waals surface area contributed by atoms with Crippen molar-refractivity contribution in [2.24, 2.45) is 0 Å². The van der Waals surface area contributed by atoms with E-state index in [1.54, 1.807) is 6.07 Å². The van der Waals surface area contributed by atoms with Gasteiger partial charge in [0.1, 0.15) is 5.69 Å². The summed E-state index contributed by atoms with van der Waals surface area (Å²) in [4.78, 5) is 18.3. The van der Waals surface area contributed by atoms with Gasteiger partial charge in [-0.2, -0.15) is 13.2 Å². The molecule has 2 N–H and O–H groups in total. The molecule has 0 aliphatic heterocycles. The molecule has 2 rings (SSSR count). The number of rotatable bonds is 7. The maximum Gasteiger partial charge on any atom is 0.418 e. The van der Waals surface area contributed by atoms with Crippen LogP contribution in [0, 0.1) is 0 Å². The molecule has 0 saturated heterocycles. The SMILES string of the molecule is CN(C)CCCNc1ccc(C(=O)Nc2ccccc2C(F)(F)F)nc1. The minimum absolute atomic E-state index is 0.0424. The molecule has 0 spiro atoms. The molecule has 1 amide bonds. The van der Waals surface area contributed by atoms with Gasteiger partial charge in [0.2, 0.25) is 0 Å². The molecule has 1 aromatic heterocycles. The number of benzene rings is 1. The van der Waals surface area contributed by atoms with Gasteiger partial charge < -0.3 is 15.5 Å². The zero-order valence-corrected chi connectivity index (χ0v) is 14.6. The number of hydrogen-bond donors (Lipinski definition) is 2. The first-order valence-electron chi connectivity index (χ1n) is 8.09. The van der Waals surface area contributed by atoms with Crippen molar-refractivity contribution in [1.82, 2.24) is 9.88 Å². The van der Waals surface area contributed by atoms with E-state index in [0.29, 0.717) is 0 Å². The van der Waals surface area contributed by atoms with Gasteiger partial charge in [0.15, 0.2) is 0 Å². The maximum absolute atomic E-state index is 13.0. The highest BCUT2D eigenvalue weighted by Gasteiger charge is 2.33. The van der Waals surface area contributed by atoms with Gasteiger partial charge in [-0.1, -0.05) is 12.1 Å². The van der Waals surface area contributed by atoms with Crippen molar-refractivity contribution in [3.63, 3.8) is 0 Å². The molecule has 0 bridgehead atoms. The molecular formula is C18H21F3N4O. The molecule has 140 valence electrons. The number of para-hydroxylation sites is 1. The smallest absolute Gasteiger partial charge is 0.384 e. The Morgan fingerprint density at radius 3 is 2.50 bits per heavy atom. The molecule has 26 heavy (non-hydrogen) atoms. The van der Waals surface area contributed by atoms with Crippen LogP contribution in [-0.4, -0.2) is 43.0 Å². The lowest BCUT2D eigenvalue weighted by Crippen LogP contribution is -2.18. The predicted molar refractivity (Wildman–Crippen MR) is 95.3 cm³/mol. The summed E-state index contributed by atoms with van der Waals surface area (Å²) in [6, 6.07) is 7.98. The topological polar surface area (TPSA) is 57.3 Å². The number of hydrogen-bond acceptors (Lipinski definition) is 4. The molecule has 0 saturated carbocycles.